The third-order valence-corrected chi connectivity index (χ3v) is 2.84. The number of oxime groups is 1. The van der Waals surface area contributed by atoms with Crippen LogP contribution in [0.25, 0.3) is 0 Å². The first-order valence-corrected chi connectivity index (χ1v) is 6.11. The van der Waals surface area contributed by atoms with Crippen molar-refractivity contribution in [2.45, 2.75) is 13.5 Å². The van der Waals surface area contributed by atoms with Crippen LogP contribution in [0, 0.1) is 17.0 Å². The monoisotopic (exact) mass is 270 g/mol. The van der Waals surface area contributed by atoms with E-state index < -0.39 is 4.92 Å². The van der Waals surface area contributed by atoms with Crippen molar-refractivity contribution in [1.82, 2.24) is 0 Å². The summed E-state index contributed by atoms with van der Waals surface area (Å²) in [6, 6.07) is 14.1. The van der Waals surface area contributed by atoms with Gasteiger partial charge in [0.15, 0.2) is 0 Å². The highest BCUT2D eigenvalue weighted by atomic mass is 16.6. The molecule has 0 radical (unpaired) electrons. The lowest BCUT2D eigenvalue weighted by molar-refractivity contribution is -0.384. The Balaban J connectivity index is 1.95. The van der Waals surface area contributed by atoms with E-state index in [4.69, 9.17) is 4.84 Å². The third kappa shape index (κ3) is 3.65. The summed E-state index contributed by atoms with van der Waals surface area (Å²) in [5.41, 5.74) is 2.86. The first-order valence-electron chi connectivity index (χ1n) is 6.11. The molecular formula is C15H14N2O3. The molecule has 5 heteroatoms. The third-order valence-electron chi connectivity index (χ3n) is 2.84. The summed E-state index contributed by atoms with van der Waals surface area (Å²) in [5, 5.41) is 14.5. The average molecular weight is 270 g/mol. The van der Waals surface area contributed by atoms with E-state index in [-0.39, 0.29) is 5.69 Å². The topological polar surface area (TPSA) is 64.7 Å². The molecule has 0 bridgehead atoms. The normalized spacial score (nSPS) is 10.7. The van der Waals surface area contributed by atoms with Gasteiger partial charge in [0.05, 0.1) is 11.1 Å². The Labute approximate surface area is 116 Å². The van der Waals surface area contributed by atoms with Crippen LogP contribution >= 0.6 is 0 Å². The van der Waals surface area contributed by atoms with Gasteiger partial charge < -0.3 is 4.84 Å². The lowest BCUT2D eigenvalue weighted by atomic mass is 10.1. The quantitative estimate of drug-likeness (QED) is 0.475. The number of rotatable bonds is 5. The highest BCUT2D eigenvalue weighted by molar-refractivity contribution is 5.80. The minimum atomic E-state index is -0.439. The molecule has 0 unspecified atom stereocenters. The fraction of sp³-hybridized carbons (Fsp3) is 0.133. The van der Waals surface area contributed by atoms with Crippen LogP contribution in [-0.4, -0.2) is 11.1 Å². The predicted molar refractivity (Wildman–Crippen MR) is 76.7 cm³/mol. The second kappa shape index (κ2) is 6.47. The minimum absolute atomic E-state index is 0.0350. The SMILES string of the molecule is Cc1ccccc1CO/N=C\c1cccc([N+](=O)[O-])c1. The Morgan fingerprint density at radius 1 is 1.25 bits per heavy atom. The molecule has 2 rings (SSSR count). The first-order chi connectivity index (χ1) is 9.66. The van der Waals surface area contributed by atoms with Crippen LogP contribution in [0.1, 0.15) is 16.7 Å². The summed E-state index contributed by atoms with van der Waals surface area (Å²) in [7, 11) is 0. The van der Waals surface area contributed by atoms with Crippen LogP contribution in [0.4, 0.5) is 5.69 Å². The van der Waals surface area contributed by atoms with Gasteiger partial charge in [0.1, 0.15) is 6.61 Å². The summed E-state index contributed by atoms with van der Waals surface area (Å²) >= 11 is 0. The molecule has 0 saturated carbocycles. The van der Waals surface area contributed by atoms with E-state index in [9.17, 15) is 10.1 Å². The molecule has 102 valence electrons. The van der Waals surface area contributed by atoms with Crippen molar-refractivity contribution < 1.29 is 9.76 Å². The van der Waals surface area contributed by atoms with Gasteiger partial charge in [-0.1, -0.05) is 41.6 Å². The summed E-state index contributed by atoms with van der Waals surface area (Å²) in [4.78, 5) is 15.4. The maximum Gasteiger partial charge on any atom is 0.270 e. The van der Waals surface area contributed by atoms with Crippen LogP contribution in [0.3, 0.4) is 0 Å². The molecule has 0 saturated heterocycles. The van der Waals surface area contributed by atoms with Gasteiger partial charge in [0.2, 0.25) is 0 Å². The number of benzene rings is 2. The smallest absolute Gasteiger partial charge is 0.270 e. The van der Waals surface area contributed by atoms with Crippen molar-refractivity contribution in [3.63, 3.8) is 0 Å². The number of nitro groups is 1. The zero-order chi connectivity index (χ0) is 14.4. The number of nitro benzene ring substituents is 1. The molecule has 0 aliphatic rings. The van der Waals surface area contributed by atoms with Crippen molar-refractivity contribution in [2.75, 3.05) is 0 Å². The van der Waals surface area contributed by atoms with Crippen LogP contribution in [0.2, 0.25) is 0 Å². The first kappa shape index (κ1) is 13.7. The number of non-ortho nitro benzene ring substituents is 1. The van der Waals surface area contributed by atoms with Gasteiger partial charge in [0, 0.05) is 17.7 Å². The largest absolute Gasteiger partial charge is 0.391 e. The molecule has 0 aromatic heterocycles. The number of nitrogens with zero attached hydrogens (tertiary/aromatic N) is 2. The van der Waals surface area contributed by atoms with Gasteiger partial charge in [0.25, 0.3) is 5.69 Å². The molecule has 20 heavy (non-hydrogen) atoms. The average Bonchev–Trinajstić information content (AvgIpc) is 2.45. The fourth-order valence-electron chi connectivity index (χ4n) is 1.70. The van der Waals surface area contributed by atoms with Crippen molar-refractivity contribution in [3.8, 4) is 0 Å². The molecule has 0 amide bonds. The molecule has 2 aromatic carbocycles. The summed E-state index contributed by atoms with van der Waals surface area (Å²) in [6.45, 7) is 2.38. The maximum atomic E-state index is 10.6. The van der Waals surface area contributed by atoms with Crippen molar-refractivity contribution in [2.24, 2.45) is 5.16 Å². The van der Waals surface area contributed by atoms with E-state index in [1.54, 1.807) is 12.1 Å². The van der Waals surface area contributed by atoms with E-state index in [1.165, 1.54) is 18.3 Å². The molecule has 0 N–H and O–H groups in total. The van der Waals surface area contributed by atoms with E-state index >= 15 is 0 Å². The van der Waals surface area contributed by atoms with Gasteiger partial charge >= 0.3 is 0 Å². The van der Waals surface area contributed by atoms with Gasteiger partial charge in [-0.2, -0.15) is 0 Å². The molecule has 0 heterocycles. The fourth-order valence-corrected chi connectivity index (χ4v) is 1.70. The summed E-state index contributed by atoms with van der Waals surface area (Å²) in [6.07, 6.45) is 1.46. The van der Waals surface area contributed by atoms with Gasteiger partial charge in [-0.15, -0.1) is 0 Å². The Hall–Kier alpha value is -2.69. The van der Waals surface area contributed by atoms with Crippen LogP contribution in [0.5, 0.6) is 0 Å². The molecule has 0 spiro atoms. The van der Waals surface area contributed by atoms with Crippen molar-refractivity contribution >= 4 is 11.9 Å². The van der Waals surface area contributed by atoms with E-state index in [2.05, 4.69) is 5.16 Å². The van der Waals surface area contributed by atoms with Crippen LogP contribution in [-0.2, 0) is 11.4 Å². The molecule has 5 nitrogen and oxygen atoms in total. The van der Waals surface area contributed by atoms with Gasteiger partial charge in [-0.25, -0.2) is 0 Å². The highest BCUT2D eigenvalue weighted by Gasteiger charge is 2.04. The number of aryl methyl sites for hydroxylation is 1. The Morgan fingerprint density at radius 2 is 2.05 bits per heavy atom. The molecule has 0 aliphatic carbocycles. The van der Waals surface area contributed by atoms with Crippen molar-refractivity contribution in [1.29, 1.82) is 0 Å². The lowest BCUT2D eigenvalue weighted by Gasteiger charge is -2.03. The van der Waals surface area contributed by atoms with Crippen LogP contribution in [0.15, 0.2) is 53.7 Å². The molecule has 2 aromatic rings. The zero-order valence-electron chi connectivity index (χ0n) is 11.0. The summed E-state index contributed by atoms with van der Waals surface area (Å²) in [5.74, 6) is 0. The number of hydrogen-bond donors (Lipinski definition) is 0. The number of hydrogen-bond acceptors (Lipinski definition) is 4. The Kier molecular flexibility index (Phi) is 4.44. The van der Waals surface area contributed by atoms with Crippen molar-refractivity contribution in [3.05, 3.63) is 75.3 Å². The van der Waals surface area contributed by atoms with E-state index in [0.29, 0.717) is 12.2 Å². The summed E-state index contributed by atoms with van der Waals surface area (Å²) < 4.78 is 0. The van der Waals surface area contributed by atoms with E-state index in [1.807, 2.05) is 31.2 Å². The van der Waals surface area contributed by atoms with Crippen LogP contribution < -0.4 is 0 Å². The second-order valence-corrected chi connectivity index (χ2v) is 4.29. The predicted octanol–water partition coefficient (Wildman–Crippen LogP) is 3.45. The maximum absolute atomic E-state index is 10.6. The van der Waals surface area contributed by atoms with Gasteiger partial charge in [-0.05, 0) is 18.1 Å². The minimum Gasteiger partial charge on any atom is -0.391 e. The lowest BCUT2D eigenvalue weighted by Crippen LogP contribution is -1.92. The molecule has 0 atom stereocenters. The Morgan fingerprint density at radius 3 is 2.80 bits per heavy atom. The molecular weight excluding hydrogens is 256 g/mol. The van der Waals surface area contributed by atoms with E-state index in [0.717, 1.165) is 11.1 Å². The molecule has 0 fully saturated rings. The van der Waals surface area contributed by atoms with Gasteiger partial charge in [-0.3, -0.25) is 10.1 Å². The standard InChI is InChI=1S/C15H14N2O3/c1-12-5-2-3-7-14(12)11-20-16-10-13-6-4-8-15(9-13)17(18)19/h2-10H,11H2,1H3/b16-10-. The Bertz CT molecular complexity index is 639. The highest BCUT2D eigenvalue weighted by Crippen LogP contribution is 2.12. The second-order valence-electron chi connectivity index (χ2n) is 4.29. The zero-order valence-corrected chi connectivity index (χ0v) is 11.0. The molecule has 0 aliphatic heterocycles.